The number of aromatic nitrogens is 2. The number of fused-ring (bicyclic) bond motifs is 1. The highest BCUT2D eigenvalue weighted by molar-refractivity contribution is 5.88. The summed E-state index contributed by atoms with van der Waals surface area (Å²) in [7, 11) is 0. The van der Waals surface area contributed by atoms with Gasteiger partial charge in [0.2, 0.25) is 0 Å². The molecule has 0 atom stereocenters. The summed E-state index contributed by atoms with van der Waals surface area (Å²) >= 11 is 0. The molecule has 1 aliphatic carbocycles. The SMILES string of the molecule is Cc1c(C(=O)O)cnn1-c1ccc2c(c1)CCC2. The van der Waals surface area contributed by atoms with Gasteiger partial charge in [-0.15, -0.1) is 0 Å². The van der Waals surface area contributed by atoms with Crippen molar-refractivity contribution in [1.82, 2.24) is 9.78 Å². The third kappa shape index (κ3) is 1.61. The predicted molar refractivity (Wildman–Crippen MR) is 67.3 cm³/mol. The van der Waals surface area contributed by atoms with Crippen molar-refractivity contribution in [2.24, 2.45) is 0 Å². The lowest BCUT2D eigenvalue weighted by molar-refractivity contribution is 0.0696. The van der Waals surface area contributed by atoms with Gasteiger partial charge in [-0.1, -0.05) is 6.07 Å². The van der Waals surface area contributed by atoms with Crippen LogP contribution in [0.3, 0.4) is 0 Å². The number of carboxylic acid groups (broad SMARTS) is 1. The number of carbonyl (C=O) groups is 1. The highest BCUT2D eigenvalue weighted by Crippen LogP contribution is 2.25. The zero-order valence-corrected chi connectivity index (χ0v) is 10.2. The van der Waals surface area contributed by atoms with Crippen molar-refractivity contribution in [3.05, 3.63) is 46.8 Å². The van der Waals surface area contributed by atoms with Crippen LogP contribution in [0.2, 0.25) is 0 Å². The molecule has 0 fully saturated rings. The highest BCUT2D eigenvalue weighted by Gasteiger charge is 2.16. The van der Waals surface area contributed by atoms with E-state index in [0.717, 1.165) is 18.5 Å². The number of nitrogens with zero attached hydrogens (tertiary/aromatic N) is 2. The fourth-order valence-corrected chi connectivity index (χ4v) is 2.57. The Bertz CT molecular complexity index is 629. The molecule has 0 spiro atoms. The molecule has 0 radical (unpaired) electrons. The second-order valence-electron chi connectivity index (χ2n) is 4.67. The van der Waals surface area contributed by atoms with Crippen LogP contribution >= 0.6 is 0 Å². The zero-order chi connectivity index (χ0) is 12.7. The maximum absolute atomic E-state index is 11.0. The standard InChI is InChI=1S/C14H14N2O2/c1-9-13(14(17)18)8-15-16(9)12-6-5-10-3-2-4-11(10)7-12/h5-8H,2-4H2,1H3,(H,17,18). The van der Waals surface area contributed by atoms with Gasteiger partial charge in [-0.2, -0.15) is 5.10 Å². The molecule has 1 heterocycles. The Morgan fingerprint density at radius 3 is 2.83 bits per heavy atom. The van der Waals surface area contributed by atoms with E-state index in [-0.39, 0.29) is 5.56 Å². The average molecular weight is 242 g/mol. The van der Waals surface area contributed by atoms with Crippen molar-refractivity contribution in [3.8, 4) is 5.69 Å². The molecule has 0 saturated heterocycles. The summed E-state index contributed by atoms with van der Waals surface area (Å²) in [5, 5.41) is 13.2. The fraction of sp³-hybridized carbons (Fsp3) is 0.286. The third-order valence-electron chi connectivity index (χ3n) is 3.57. The van der Waals surface area contributed by atoms with Gasteiger partial charge in [0, 0.05) is 0 Å². The second kappa shape index (κ2) is 3.98. The van der Waals surface area contributed by atoms with E-state index in [9.17, 15) is 4.79 Å². The van der Waals surface area contributed by atoms with E-state index in [2.05, 4.69) is 17.2 Å². The Balaban J connectivity index is 2.07. The molecular formula is C14H14N2O2. The molecule has 0 unspecified atom stereocenters. The van der Waals surface area contributed by atoms with Crippen LogP contribution in [0.4, 0.5) is 0 Å². The van der Waals surface area contributed by atoms with Crippen molar-refractivity contribution >= 4 is 5.97 Å². The molecule has 1 aromatic carbocycles. The maximum atomic E-state index is 11.0. The fourth-order valence-electron chi connectivity index (χ4n) is 2.57. The first-order valence-electron chi connectivity index (χ1n) is 6.07. The van der Waals surface area contributed by atoms with Gasteiger partial charge in [0.25, 0.3) is 0 Å². The molecule has 2 aromatic rings. The molecule has 0 amide bonds. The smallest absolute Gasteiger partial charge is 0.339 e. The van der Waals surface area contributed by atoms with E-state index in [1.54, 1.807) is 11.6 Å². The van der Waals surface area contributed by atoms with Crippen LogP contribution in [-0.2, 0) is 12.8 Å². The first-order chi connectivity index (χ1) is 8.66. The van der Waals surface area contributed by atoms with Crippen LogP contribution in [-0.4, -0.2) is 20.9 Å². The number of benzene rings is 1. The van der Waals surface area contributed by atoms with E-state index >= 15 is 0 Å². The summed E-state index contributed by atoms with van der Waals surface area (Å²) in [6.07, 6.45) is 4.87. The maximum Gasteiger partial charge on any atom is 0.339 e. The topological polar surface area (TPSA) is 55.1 Å². The van der Waals surface area contributed by atoms with Gasteiger partial charge >= 0.3 is 5.97 Å². The Morgan fingerprint density at radius 1 is 1.33 bits per heavy atom. The van der Waals surface area contributed by atoms with Crippen LogP contribution in [0, 0.1) is 6.92 Å². The van der Waals surface area contributed by atoms with Gasteiger partial charge in [0.05, 0.1) is 17.6 Å². The molecule has 92 valence electrons. The lowest BCUT2D eigenvalue weighted by atomic mass is 10.1. The molecule has 4 nitrogen and oxygen atoms in total. The first-order valence-corrected chi connectivity index (χ1v) is 6.07. The van der Waals surface area contributed by atoms with E-state index in [4.69, 9.17) is 5.11 Å². The minimum Gasteiger partial charge on any atom is -0.478 e. The molecule has 18 heavy (non-hydrogen) atoms. The molecule has 1 aromatic heterocycles. The van der Waals surface area contributed by atoms with E-state index < -0.39 is 5.97 Å². The number of rotatable bonds is 2. The second-order valence-corrected chi connectivity index (χ2v) is 4.67. The van der Waals surface area contributed by atoms with Gasteiger partial charge in [-0.25, -0.2) is 9.48 Å². The normalized spacial score (nSPS) is 13.6. The van der Waals surface area contributed by atoms with Gasteiger partial charge in [0.1, 0.15) is 5.56 Å². The molecule has 3 rings (SSSR count). The van der Waals surface area contributed by atoms with Gasteiger partial charge in [0.15, 0.2) is 0 Å². The minimum atomic E-state index is -0.931. The largest absolute Gasteiger partial charge is 0.478 e. The van der Waals surface area contributed by atoms with E-state index in [0.29, 0.717) is 5.69 Å². The van der Waals surface area contributed by atoms with Gasteiger partial charge in [-0.3, -0.25) is 0 Å². The van der Waals surface area contributed by atoms with Crippen LogP contribution in [0.1, 0.15) is 33.6 Å². The van der Waals surface area contributed by atoms with Crippen LogP contribution < -0.4 is 0 Å². The minimum absolute atomic E-state index is 0.260. The van der Waals surface area contributed by atoms with Crippen LogP contribution in [0.15, 0.2) is 24.4 Å². The summed E-state index contributed by atoms with van der Waals surface area (Å²) in [6, 6.07) is 6.25. The molecule has 0 aliphatic heterocycles. The molecule has 4 heteroatoms. The molecule has 1 N–H and O–H groups in total. The molecular weight excluding hydrogens is 228 g/mol. The monoisotopic (exact) mass is 242 g/mol. The van der Waals surface area contributed by atoms with Crippen molar-refractivity contribution < 1.29 is 9.90 Å². The Labute approximate surface area is 105 Å². The van der Waals surface area contributed by atoms with Crippen molar-refractivity contribution in [2.75, 3.05) is 0 Å². The van der Waals surface area contributed by atoms with Crippen LogP contribution in [0.5, 0.6) is 0 Å². The quantitative estimate of drug-likeness (QED) is 0.879. The zero-order valence-electron chi connectivity index (χ0n) is 10.2. The molecule has 0 saturated carbocycles. The predicted octanol–water partition coefficient (Wildman–Crippen LogP) is 2.37. The number of aryl methyl sites for hydroxylation is 2. The van der Waals surface area contributed by atoms with E-state index in [1.165, 1.54) is 23.7 Å². The summed E-state index contributed by atoms with van der Waals surface area (Å²) in [4.78, 5) is 11.0. The van der Waals surface area contributed by atoms with Gasteiger partial charge in [-0.05, 0) is 49.4 Å². The molecule has 1 aliphatic rings. The molecule has 0 bridgehead atoms. The Hall–Kier alpha value is -2.10. The Kier molecular flexibility index (Phi) is 2.44. The van der Waals surface area contributed by atoms with Crippen molar-refractivity contribution in [3.63, 3.8) is 0 Å². The summed E-state index contributed by atoms with van der Waals surface area (Å²) in [5.41, 5.74) is 4.64. The number of aromatic carboxylic acids is 1. The van der Waals surface area contributed by atoms with E-state index in [1.807, 2.05) is 6.07 Å². The number of hydrogen-bond donors (Lipinski definition) is 1. The lowest BCUT2D eigenvalue weighted by Gasteiger charge is -2.07. The third-order valence-corrected chi connectivity index (χ3v) is 3.57. The van der Waals surface area contributed by atoms with Gasteiger partial charge < -0.3 is 5.11 Å². The summed E-state index contributed by atoms with van der Waals surface area (Å²) in [6.45, 7) is 1.78. The Morgan fingerprint density at radius 2 is 2.11 bits per heavy atom. The lowest BCUT2D eigenvalue weighted by Crippen LogP contribution is -2.03. The summed E-state index contributed by atoms with van der Waals surface area (Å²) in [5.74, 6) is -0.931. The number of carboxylic acids is 1. The van der Waals surface area contributed by atoms with Crippen molar-refractivity contribution in [2.45, 2.75) is 26.2 Å². The highest BCUT2D eigenvalue weighted by atomic mass is 16.4. The van der Waals surface area contributed by atoms with Crippen LogP contribution in [0.25, 0.3) is 5.69 Å². The average Bonchev–Trinajstić information content (AvgIpc) is 2.93. The van der Waals surface area contributed by atoms with Crippen molar-refractivity contribution in [1.29, 1.82) is 0 Å². The first kappa shape index (κ1) is 11.0. The summed E-state index contributed by atoms with van der Waals surface area (Å²) < 4.78 is 1.70. The number of hydrogen-bond acceptors (Lipinski definition) is 2.